The zero-order valence-corrected chi connectivity index (χ0v) is 19.9. The van der Waals surface area contributed by atoms with Gasteiger partial charge in [-0.1, -0.05) is 72.3 Å². The fourth-order valence-electron chi connectivity index (χ4n) is 2.61. The van der Waals surface area contributed by atoms with Crippen molar-refractivity contribution in [2.24, 2.45) is 22.7 Å². The number of pyridine rings is 1. The monoisotopic (exact) mass is 411 g/mol. The lowest BCUT2D eigenvalue weighted by Crippen LogP contribution is -2.42. The summed E-state index contributed by atoms with van der Waals surface area (Å²) in [6, 6.07) is 5.90. The molecule has 1 heterocycles. The number of ether oxygens (including phenoxy) is 1. The molecule has 0 aromatic carbocycles. The highest BCUT2D eigenvalue weighted by atomic mass is 33.1. The molecule has 0 aliphatic carbocycles. The molecule has 0 aliphatic rings. The molecule has 1 aromatic rings. The van der Waals surface area contributed by atoms with E-state index in [0.717, 1.165) is 17.2 Å². The number of carbonyl (C=O) groups is 1. The maximum absolute atomic E-state index is 12.5. The molecule has 0 amide bonds. The Morgan fingerprint density at radius 1 is 1.07 bits per heavy atom. The van der Waals surface area contributed by atoms with E-state index in [9.17, 15) is 4.79 Å². The summed E-state index contributed by atoms with van der Waals surface area (Å²) in [5.41, 5.74) is 0.194. The second-order valence-corrected chi connectivity index (χ2v) is 11.9. The van der Waals surface area contributed by atoms with Gasteiger partial charge in [0.1, 0.15) is 11.1 Å². The standard InChI is InChI=1S/C22H37NO2S2/c1-16(21(3,4)5)20(17(2)22(6,7)8)25-19(24)13-11-15-26-27-18-12-9-10-14-23-18/h9-10,12,14,16-17,20H,11,13,15H2,1-8H3/t16-,17?,20?/m1/s1. The molecule has 3 atom stereocenters. The molecule has 0 radical (unpaired) electrons. The molecule has 0 N–H and O–H groups in total. The highest BCUT2D eigenvalue weighted by Crippen LogP contribution is 2.39. The van der Waals surface area contributed by atoms with Gasteiger partial charge in [0.25, 0.3) is 0 Å². The van der Waals surface area contributed by atoms with E-state index < -0.39 is 0 Å². The fourth-order valence-corrected chi connectivity index (χ4v) is 4.57. The Hall–Kier alpha value is -0.680. The first-order valence-electron chi connectivity index (χ1n) is 9.83. The normalized spacial score (nSPS) is 15.9. The first-order chi connectivity index (χ1) is 12.4. The van der Waals surface area contributed by atoms with Crippen molar-refractivity contribution in [1.82, 2.24) is 4.98 Å². The van der Waals surface area contributed by atoms with Crippen molar-refractivity contribution in [2.45, 2.75) is 79.4 Å². The van der Waals surface area contributed by atoms with Crippen LogP contribution in [-0.2, 0) is 9.53 Å². The zero-order chi connectivity index (χ0) is 20.7. The number of hydrogen-bond donors (Lipinski definition) is 0. The second kappa shape index (κ2) is 10.8. The summed E-state index contributed by atoms with van der Waals surface area (Å²) in [4.78, 5) is 16.8. The third-order valence-corrected chi connectivity index (χ3v) is 7.73. The number of hydrogen-bond acceptors (Lipinski definition) is 5. The fraction of sp³-hybridized carbons (Fsp3) is 0.727. The van der Waals surface area contributed by atoms with E-state index >= 15 is 0 Å². The van der Waals surface area contributed by atoms with Gasteiger partial charge < -0.3 is 4.74 Å². The molecule has 0 bridgehead atoms. The average molecular weight is 412 g/mol. The summed E-state index contributed by atoms with van der Waals surface area (Å²) in [5, 5.41) is 1.00. The van der Waals surface area contributed by atoms with E-state index in [1.54, 1.807) is 27.8 Å². The Balaban J connectivity index is 2.51. The molecule has 0 saturated carbocycles. The third kappa shape index (κ3) is 8.91. The molecule has 2 unspecified atom stereocenters. The zero-order valence-electron chi connectivity index (χ0n) is 18.2. The van der Waals surface area contributed by atoms with Crippen LogP contribution in [0, 0.1) is 22.7 Å². The van der Waals surface area contributed by atoms with Crippen LogP contribution in [0.1, 0.15) is 68.2 Å². The van der Waals surface area contributed by atoms with Crippen molar-refractivity contribution in [3.63, 3.8) is 0 Å². The molecule has 1 rings (SSSR count). The number of carbonyl (C=O) groups excluding carboxylic acids is 1. The molecule has 5 heteroatoms. The molecule has 154 valence electrons. The average Bonchev–Trinajstić information content (AvgIpc) is 2.57. The van der Waals surface area contributed by atoms with Crippen LogP contribution in [0.25, 0.3) is 0 Å². The van der Waals surface area contributed by atoms with Crippen LogP contribution in [-0.4, -0.2) is 22.8 Å². The lowest BCUT2D eigenvalue weighted by atomic mass is 9.69. The van der Waals surface area contributed by atoms with Crippen LogP contribution in [0.2, 0.25) is 0 Å². The highest BCUT2D eigenvalue weighted by molar-refractivity contribution is 8.76. The molecule has 1 aromatic heterocycles. The molecule has 0 fully saturated rings. The minimum absolute atomic E-state index is 0.0620. The molecule has 3 nitrogen and oxygen atoms in total. The predicted octanol–water partition coefficient (Wildman–Crippen LogP) is 6.88. The van der Waals surface area contributed by atoms with Crippen molar-refractivity contribution >= 4 is 27.6 Å². The van der Waals surface area contributed by atoms with Crippen LogP contribution in [0.3, 0.4) is 0 Å². The number of nitrogens with zero attached hydrogens (tertiary/aromatic N) is 1. The van der Waals surface area contributed by atoms with E-state index in [2.05, 4.69) is 60.4 Å². The van der Waals surface area contributed by atoms with Gasteiger partial charge in [0, 0.05) is 18.4 Å². The Labute approximate surface area is 174 Å². The van der Waals surface area contributed by atoms with Crippen LogP contribution in [0.15, 0.2) is 29.4 Å². The summed E-state index contributed by atoms with van der Waals surface area (Å²) in [6.45, 7) is 17.7. The van der Waals surface area contributed by atoms with Crippen molar-refractivity contribution in [3.05, 3.63) is 24.4 Å². The Morgan fingerprint density at radius 2 is 1.67 bits per heavy atom. The summed E-state index contributed by atoms with van der Waals surface area (Å²) >= 11 is 0. The topological polar surface area (TPSA) is 39.2 Å². The number of esters is 1. The van der Waals surface area contributed by atoms with Crippen LogP contribution in [0.5, 0.6) is 0 Å². The van der Waals surface area contributed by atoms with Gasteiger partial charge >= 0.3 is 5.97 Å². The van der Waals surface area contributed by atoms with Gasteiger partial charge in [-0.25, -0.2) is 4.98 Å². The SMILES string of the molecule is CC(C(OC(=O)CCCSSc1ccccn1)[C@@H](C)C(C)(C)C)C(C)(C)C. The third-order valence-electron chi connectivity index (χ3n) is 5.38. The Bertz CT molecular complexity index is 544. The van der Waals surface area contributed by atoms with E-state index in [1.165, 1.54) is 0 Å². The maximum atomic E-state index is 12.5. The van der Waals surface area contributed by atoms with Gasteiger partial charge in [-0.15, -0.1) is 0 Å². The van der Waals surface area contributed by atoms with Crippen molar-refractivity contribution in [1.29, 1.82) is 0 Å². The van der Waals surface area contributed by atoms with E-state index in [-0.39, 0.29) is 22.9 Å². The Kier molecular flexibility index (Phi) is 9.70. The van der Waals surface area contributed by atoms with Crippen LogP contribution in [0.4, 0.5) is 0 Å². The van der Waals surface area contributed by atoms with Crippen molar-refractivity contribution in [2.75, 3.05) is 5.75 Å². The first kappa shape index (κ1) is 24.4. The minimum atomic E-state index is -0.0735. The molecule has 27 heavy (non-hydrogen) atoms. The van der Waals surface area contributed by atoms with Gasteiger partial charge in [-0.05, 0) is 52.0 Å². The Morgan fingerprint density at radius 3 is 2.15 bits per heavy atom. The summed E-state index contributed by atoms with van der Waals surface area (Å²) in [7, 11) is 3.39. The molecule has 0 aliphatic heterocycles. The maximum Gasteiger partial charge on any atom is 0.306 e. The van der Waals surface area contributed by atoms with Gasteiger partial charge in [0.05, 0.1) is 0 Å². The number of aromatic nitrogens is 1. The van der Waals surface area contributed by atoms with E-state index in [4.69, 9.17) is 4.74 Å². The summed E-state index contributed by atoms with van der Waals surface area (Å²) in [6.07, 6.45) is 3.03. The van der Waals surface area contributed by atoms with E-state index in [0.29, 0.717) is 18.3 Å². The summed E-state index contributed by atoms with van der Waals surface area (Å²) in [5.74, 6) is 1.43. The number of rotatable bonds is 9. The van der Waals surface area contributed by atoms with E-state index in [1.807, 2.05) is 18.2 Å². The van der Waals surface area contributed by atoms with Crippen molar-refractivity contribution in [3.8, 4) is 0 Å². The van der Waals surface area contributed by atoms with Gasteiger partial charge in [0.15, 0.2) is 0 Å². The van der Waals surface area contributed by atoms with Crippen LogP contribution < -0.4 is 0 Å². The van der Waals surface area contributed by atoms with Gasteiger partial charge in [-0.3, -0.25) is 4.79 Å². The molecule has 0 saturated heterocycles. The molecular weight excluding hydrogens is 374 g/mol. The molecular formula is C22H37NO2S2. The largest absolute Gasteiger partial charge is 0.462 e. The quantitative estimate of drug-likeness (QED) is 0.252. The predicted molar refractivity (Wildman–Crippen MR) is 119 cm³/mol. The van der Waals surface area contributed by atoms with Crippen LogP contribution >= 0.6 is 21.6 Å². The molecule has 0 spiro atoms. The van der Waals surface area contributed by atoms with Gasteiger partial charge in [-0.2, -0.15) is 0 Å². The second-order valence-electron chi connectivity index (χ2n) is 9.44. The van der Waals surface area contributed by atoms with Gasteiger partial charge in [0.2, 0.25) is 0 Å². The van der Waals surface area contributed by atoms with Crippen molar-refractivity contribution < 1.29 is 9.53 Å². The lowest BCUT2D eigenvalue weighted by Gasteiger charge is -2.41. The lowest BCUT2D eigenvalue weighted by molar-refractivity contribution is -0.160. The summed E-state index contributed by atoms with van der Waals surface area (Å²) < 4.78 is 6.02. The highest BCUT2D eigenvalue weighted by Gasteiger charge is 2.39. The smallest absolute Gasteiger partial charge is 0.306 e. The first-order valence-corrected chi connectivity index (χ1v) is 12.1. The minimum Gasteiger partial charge on any atom is -0.462 e.